The molecule has 1 aliphatic rings. The van der Waals surface area contributed by atoms with Crippen molar-refractivity contribution in [3.8, 4) is 17.2 Å². The highest BCUT2D eigenvalue weighted by molar-refractivity contribution is 7.20. The van der Waals surface area contributed by atoms with E-state index in [2.05, 4.69) is 10.4 Å². The van der Waals surface area contributed by atoms with Crippen LogP contribution in [0.1, 0.15) is 20.9 Å². The predicted octanol–water partition coefficient (Wildman–Crippen LogP) is 3.68. The van der Waals surface area contributed by atoms with Gasteiger partial charge in [0.05, 0.1) is 11.4 Å². The largest absolute Gasteiger partial charge is 0.486 e. The third kappa shape index (κ3) is 4.60. The molecule has 0 radical (unpaired) electrons. The minimum absolute atomic E-state index is 0.335. The Morgan fingerprint density at radius 3 is 2.71 bits per heavy atom. The van der Waals surface area contributed by atoms with Crippen LogP contribution in [-0.2, 0) is 16.0 Å². The summed E-state index contributed by atoms with van der Waals surface area (Å²) in [7, 11) is 0. The van der Waals surface area contributed by atoms with Gasteiger partial charge in [0.2, 0.25) is 0 Å². The van der Waals surface area contributed by atoms with Crippen molar-refractivity contribution in [3.63, 3.8) is 0 Å². The highest BCUT2D eigenvalue weighted by atomic mass is 32.1. The van der Waals surface area contributed by atoms with Gasteiger partial charge in [0.25, 0.3) is 5.91 Å². The fourth-order valence-electron chi connectivity index (χ4n) is 3.73. The highest BCUT2D eigenvalue weighted by Gasteiger charge is 2.19. The van der Waals surface area contributed by atoms with Gasteiger partial charge in [-0.05, 0) is 49.2 Å². The lowest BCUT2D eigenvalue weighted by atomic mass is 10.1. The number of benzene rings is 2. The zero-order valence-corrected chi connectivity index (χ0v) is 19.4. The van der Waals surface area contributed by atoms with E-state index in [1.54, 1.807) is 6.07 Å². The molecule has 2 aromatic heterocycles. The summed E-state index contributed by atoms with van der Waals surface area (Å²) in [5.74, 6) is 0.581. The molecule has 0 spiro atoms. The normalized spacial score (nSPS) is 12.5. The first-order valence-electron chi connectivity index (χ1n) is 11.0. The van der Waals surface area contributed by atoms with Gasteiger partial charge in [0.15, 0.2) is 18.1 Å². The number of carbonyl (C=O) groups is 2. The first kappa shape index (κ1) is 22.0. The Hall–Kier alpha value is -3.85. The Labute approximate surface area is 200 Å². The van der Waals surface area contributed by atoms with Crippen molar-refractivity contribution in [1.29, 1.82) is 0 Å². The maximum atomic E-state index is 12.6. The number of nitrogens with one attached hydrogen (secondary N) is 1. The van der Waals surface area contributed by atoms with Gasteiger partial charge in [-0.2, -0.15) is 5.10 Å². The second-order valence-electron chi connectivity index (χ2n) is 7.82. The van der Waals surface area contributed by atoms with E-state index in [0.29, 0.717) is 31.1 Å². The van der Waals surface area contributed by atoms with Crippen LogP contribution in [0.2, 0.25) is 0 Å². The predicted molar refractivity (Wildman–Crippen MR) is 128 cm³/mol. The summed E-state index contributed by atoms with van der Waals surface area (Å²) in [6.45, 7) is 3.07. The Morgan fingerprint density at radius 2 is 1.88 bits per heavy atom. The van der Waals surface area contributed by atoms with Crippen LogP contribution in [-0.4, -0.2) is 48.0 Å². The van der Waals surface area contributed by atoms with Crippen molar-refractivity contribution in [1.82, 2.24) is 15.1 Å². The molecule has 4 aromatic rings. The summed E-state index contributed by atoms with van der Waals surface area (Å²) in [5, 5.41) is 8.25. The van der Waals surface area contributed by atoms with Crippen molar-refractivity contribution >= 4 is 33.4 Å². The molecule has 174 valence electrons. The molecule has 34 heavy (non-hydrogen) atoms. The number of aryl methyl sites for hydroxylation is 1. The van der Waals surface area contributed by atoms with E-state index in [-0.39, 0.29) is 12.5 Å². The van der Waals surface area contributed by atoms with Gasteiger partial charge in [-0.25, -0.2) is 9.48 Å². The molecule has 0 bridgehead atoms. The van der Waals surface area contributed by atoms with Gasteiger partial charge in [-0.1, -0.05) is 24.3 Å². The van der Waals surface area contributed by atoms with Crippen LogP contribution in [0.3, 0.4) is 0 Å². The molecule has 1 N–H and O–H groups in total. The topological polar surface area (TPSA) is 91.7 Å². The molecule has 0 saturated heterocycles. The van der Waals surface area contributed by atoms with Gasteiger partial charge in [0.1, 0.15) is 22.9 Å². The van der Waals surface area contributed by atoms with E-state index >= 15 is 0 Å². The molecule has 2 aromatic carbocycles. The van der Waals surface area contributed by atoms with Crippen LogP contribution >= 0.6 is 11.3 Å². The minimum Gasteiger partial charge on any atom is -0.486 e. The van der Waals surface area contributed by atoms with Gasteiger partial charge in [0, 0.05) is 11.9 Å². The average molecular weight is 478 g/mol. The second kappa shape index (κ2) is 9.56. The third-order valence-electron chi connectivity index (χ3n) is 5.42. The Morgan fingerprint density at radius 1 is 1.09 bits per heavy atom. The fourth-order valence-corrected chi connectivity index (χ4v) is 4.81. The Bertz CT molecular complexity index is 1350. The van der Waals surface area contributed by atoms with Gasteiger partial charge < -0.3 is 19.5 Å². The van der Waals surface area contributed by atoms with Crippen LogP contribution < -0.4 is 14.8 Å². The smallest absolute Gasteiger partial charge is 0.348 e. The average Bonchev–Trinajstić information content (AvgIpc) is 3.43. The molecule has 8 nitrogen and oxygen atoms in total. The number of fused-ring (bicyclic) bond motifs is 2. The SMILES string of the molecule is Cc1nn(-c2ccccc2)c2sc(C(=O)OCC(=O)NCCc3ccc4c(c3)OCCO4)cc12. The summed E-state index contributed by atoms with van der Waals surface area (Å²) in [5.41, 5.74) is 2.76. The van der Waals surface area contributed by atoms with Crippen LogP contribution in [0, 0.1) is 6.92 Å². The van der Waals surface area contributed by atoms with Crippen molar-refractivity contribution in [3.05, 3.63) is 70.7 Å². The summed E-state index contributed by atoms with van der Waals surface area (Å²) in [6, 6.07) is 17.2. The quantitative estimate of drug-likeness (QED) is 0.408. The lowest BCUT2D eigenvalue weighted by Crippen LogP contribution is -2.30. The number of hydrogen-bond acceptors (Lipinski definition) is 7. The van der Waals surface area contributed by atoms with Crippen molar-refractivity contribution in [2.45, 2.75) is 13.3 Å². The standard InChI is InChI=1S/C25H23N3O5S/c1-16-19-14-22(34-24(19)28(27-16)18-5-3-2-4-6-18)25(30)33-15-23(29)26-10-9-17-7-8-20-21(13-17)32-12-11-31-20/h2-8,13-14H,9-12,15H2,1H3,(H,26,29). The maximum Gasteiger partial charge on any atom is 0.348 e. The van der Waals surface area contributed by atoms with Gasteiger partial charge in [-0.15, -0.1) is 11.3 Å². The van der Waals surface area contributed by atoms with Crippen molar-refractivity contribution in [2.75, 3.05) is 26.4 Å². The first-order chi connectivity index (χ1) is 16.6. The molecule has 0 unspecified atom stereocenters. The second-order valence-corrected chi connectivity index (χ2v) is 8.85. The number of nitrogens with zero attached hydrogens (tertiary/aromatic N) is 2. The van der Waals surface area contributed by atoms with Crippen molar-refractivity contribution in [2.24, 2.45) is 0 Å². The lowest BCUT2D eigenvalue weighted by molar-refractivity contribution is -0.124. The number of para-hydroxylation sites is 1. The first-order valence-corrected chi connectivity index (χ1v) is 11.8. The van der Waals surface area contributed by atoms with Crippen LogP contribution in [0.15, 0.2) is 54.6 Å². The summed E-state index contributed by atoms with van der Waals surface area (Å²) < 4.78 is 18.2. The monoisotopic (exact) mass is 477 g/mol. The van der Waals surface area contributed by atoms with E-state index in [1.165, 1.54) is 11.3 Å². The summed E-state index contributed by atoms with van der Waals surface area (Å²) in [6.07, 6.45) is 0.627. The highest BCUT2D eigenvalue weighted by Crippen LogP contribution is 2.31. The molecule has 3 heterocycles. The number of amides is 1. The number of carbonyl (C=O) groups excluding carboxylic acids is 2. The van der Waals surface area contributed by atoms with E-state index in [9.17, 15) is 9.59 Å². The zero-order chi connectivity index (χ0) is 23.5. The fraction of sp³-hybridized carbons (Fsp3) is 0.240. The molecule has 1 amide bonds. The number of ether oxygens (including phenoxy) is 3. The summed E-state index contributed by atoms with van der Waals surface area (Å²) >= 11 is 1.30. The molecule has 9 heteroatoms. The van der Waals surface area contributed by atoms with E-state index < -0.39 is 5.97 Å². The molecule has 0 aliphatic carbocycles. The molecule has 1 aliphatic heterocycles. The number of aromatic nitrogens is 2. The molecule has 0 saturated carbocycles. The number of hydrogen-bond donors (Lipinski definition) is 1. The number of thiophene rings is 1. The minimum atomic E-state index is -0.526. The Kier molecular flexibility index (Phi) is 6.18. The summed E-state index contributed by atoms with van der Waals surface area (Å²) in [4.78, 5) is 26.0. The van der Waals surface area contributed by atoms with Gasteiger partial charge >= 0.3 is 5.97 Å². The van der Waals surface area contributed by atoms with Gasteiger partial charge in [-0.3, -0.25) is 4.79 Å². The molecular weight excluding hydrogens is 454 g/mol. The molecule has 5 rings (SSSR count). The number of rotatable bonds is 7. The van der Waals surface area contributed by atoms with E-state index in [0.717, 1.165) is 38.7 Å². The molecular formula is C25H23N3O5S. The lowest BCUT2D eigenvalue weighted by Gasteiger charge is -2.18. The van der Waals surface area contributed by atoms with Crippen LogP contribution in [0.5, 0.6) is 11.5 Å². The Balaban J connectivity index is 1.15. The van der Waals surface area contributed by atoms with Crippen LogP contribution in [0.4, 0.5) is 0 Å². The number of esters is 1. The van der Waals surface area contributed by atoms with E-state index in [4.69, 9.17) is 14.2 Å². The zero-order valence-electron chi connectivity index (χ0n) is 18.6. The molecule has 0 fully saturated rings. The van der Waals surface area contributed by atoms with Crippen molar-refractivity contribution < 1.29 is 23.8 Å². The third-order valence-corrected chi connectivity index (χ3v) is 6.51. The molecule has 0 atom stereocenters. The van der Waals surface area contributed by atoms with Crippen LogP contribution in [0.25, 0.3) is 15.9 Å². The van der Waals surface area contributed by atoms with E-state index in [1.807, 2.05) is 60.1 Å². The maximum absolute atomic E-state index is 12.6.